The van der Waals surface area contributed by atoms with Crippen molar-refractivity contribution in [2.24, 2.45) is 7.05 Å². The molecule has 0 aliphatic heterocycles. The van der Waals surface area contributed by atoms with Crippen LogP contribution in [0.1, 0.15) is 5.69 Å². The van der Waals surface area contributed by atoms with Gasteiger partial charge in [0.1, 0.15) is 4.90 Å². The Morgan fingerprint density at radius 1 is 1.09 bits per heavy atom. The van der Waals surface area contributed by atoms with Crippen LogP contribution in [0.2, 0.25) is 0 Å². The number of nitrogens with one attached hydrogen (secondary N) is 1. The molecular weight excluding hydrogens is 428 g/mol. The second-order valence-corrected chi connectivity index (χ2v) is 8.74. The monoisotopic (exact) mass is 448 g/mol. The molecule has 0 bridgehead atoms. The summed E-state index contributed by atoms with van der Waals surface area (Å²) in [6, 6.07) is 13.2. The number of benzene rings is 1. The number of pyridine rings is 1. The second-order valence-electron chi connectivity index (χ2n) is 6.93. The van der Waals surface area contributed by atoms with Gasteiger partial charge in [-0.2, -0.15) is 5.10 Å². The summed E-state index contributed by atoms with van der Waals surface area (Å²) in [6.07, 6.45) is 8.83. The Morgan fingerprint density at radius 2 is 1.91 bits per heavy atom. The van der Waals surface area contributed by atoms with Crippen LogP contribution >= 0.6 is 0 Å². The highest BCUT2D eigenvalue weighted by Gasteiger charge is 2.19. The number of carbonyl (C=O) groups excluding carboxylic acids is 1. The fourth-order valence-electron chi connectivity index (χ4n) is 3.04. The van der Waals surface area contributed by atoms with Crippen molar-refractivity contribution in [2.75, 3.05) is 11.1 Å². The standard InChI is InChI=1S/C22H20N6O3S/c1-27-15-16(13-25-27)20-10-9-18(14-24-20)32(30,31)28-12-4-5-17(28)8-11-22(29)26-21-7-3-2-6-19(21)23/h2-15H,23H2,1H3,(H,26,29). The third-order valence-electron chi connectivity index (χ3n) is 4.66. The van der Waals surface area contributed by atoms with E-state index in [1.165, 1.54) is 30.6 Å². The molecular formula is C22H20N6O3S. The van der Waals surface area contributed by atoms with Crippen LogP contribution in [0, 0.1) is 0 Å². The summed E-state index contributed by atoms with van der Waals surface area (Å²) in [6.45, 7) is 0. The molecule has 3 heterocycles. The molecule has 162 valence electrons. The van der Waals surface area contributed by atoms with Crippen LogP contribution in [-0.2, 0) is 21.9 Å². The van der Waals surface area contributed by atoms with Crippen LogP contribution in [0.15, 0.2) is 84.3 Å². The van der Waals surface area contributed by atoms with Gasteiger partial charge < -0.3 is 11.1 Å². The Morgan fingerprint density at radius 3 is 2.59 bits per heavy atom. The third-order valence-corrected chi connectivity index (χ3v) is 6.35. The summed E-state index contributed by atoms with van der Waals surface area (Å²) in [5.74, 6) is -0.435. The quantitative estimate of drug-likeness (QED) is 0.345. The number of carbonyl (C=O) groups is 1. The van der Waals surface area contributed by atoms with Gasteiger partial charge in [-0.1, -0.05) is 12.1 Å². The molecule has 10 heteroatoms. The fourth-order valence-corrected chi connectivity index (χ4v) is 4.33. The van der Waals surface area contributed by atoms with Gasteiger partial charge in [0.15, 0.2) is 0 Å². The zero-order valence-corrected chi connectivity index (χ0v) is 17.9. The number of nitrogens with zero attached hydrogens (tertiary/aromatic N) is 4. The summed E-state index contributed by atoms with van der Waals surface area (Å²) >= 11 is 0. The lowest BCUT2D eigenvalue weighted by molar-refractivity contribution is -0.111. The average Bonchev–Trinajstić information content (AvgIpc) is 3.43. The van der Waals surface area contributed by atoms with E-state index in [0.29, 0.717) is 22.8 Å². The summed E-state index contributed by atoms with van der Waals surface area (Å²) < 4.78 is 28.9. The smallest absolute Gasteiger partial charge is 0.269 e. The van der Waals surface area contributed by atoms with E-state index in [-0.39, 0.29) is 4.90 Å². The molecule has 0 aliphatic carbocycles. The molecule has 3 aromatic heterocycles. The normalized spacial score (nSPS) is 11.7. The Labute approximate surface area is 184 Å². The van der Waals surface area contributed by atoms with Crippen LogP contribution in [0.4, 0.5) is 11.4 Å². The highest BCUT2D eigenvalue weighted by molar-refractivity contribution is 7.90. The lowest BCUT2D eigenvalue weighted by Crippen LogP contribution is -2.14. The molecule has 0 aliphatic rings. The molecule has 4 rings (SSSR count). The molecule has 0 saturated carbocycles. The molecule has 3 N–H and O–H groups in total. The van der Waals surface area contributed by atoms with Crippen molar-refractivity contribution in [1.29, 1.82) is 0 Å². The number of nitrogen functional groups attached to an aromatic ring is 1. The van der Waals surface area contributed by atoms with Crippen LogP contribution < -0.4 is 11.1 Å². The number of anilines is 2. The van der Waals surface area contributed by atoms with E-state index in [2.05, 4.69) is 15.4 Å². The van der Waals surface area contributed by atoms with Crippen molar-refractivity contribution in [3.8, 4) is 11.3 Å². The number of rotatable bonds is 6. The molecule has 0 fully saturated rings. The molecule has 1 amide bonds. The molecule has 9 nitrogen and oxygen atoms in total. The van der Waals surface area contributed by atoms with E-state index in [0.717, 1.165) is 9.54 Å². The maximum atomic E-state index is 13.1. The summed E-state index contributed by atoms with van der Waals surface area (Å²) in [5.41, 5.74) is 8.44. The predicted molar refractivity (Wildman–Crippen MR) is 122 cm³/mol. The molecule has 32 heavy (non-hydrogen) atoms. The largest absolute Gasteiger partial charge is 0.397 e. The molecule has 1 aromatic carbocycles. The first-order valence-corrected chi connectivity index (χ1v) is 11.0. The van der Waals surface area contributed by atoms with Crippen molar-refractivity contribution in [3.05, 3.63) is 85.1 Å². The molecule has 0 unspecified atom stereocenters. The fraction of sp³-hybridized carbons (Fsp3) is 0.0455. The van der Waals surface area contributed by atoms with Crippen LogP contribution in [0.25, 0.3) is 17.3 Å². The first-order valence-electron chi connectivity index (χ1n) is 9.56. The number of aryl methyl sites for hydroxylation is 1. The van der Waals surface area contributed by atoms with Crippen molar-refractivity contribution in [2.45, 2.75) is 4.90 Å². The van der Waals surface area contributed by atoms with E-state index in [1.54, 1.807) is 66.6 Å². The van der Waals surface area contributed by atoms with Gasteiger partial charge in [0.25, 0.3) is 10.0 Å². The van der Waals surface area contributed by atoms with Gasteiger partial charge in [-0.05, 0) is 42.5 Å². The predicted octanol–water partition coefficient (Wildman–Crippen LogP) is 2.75. The van der Waals surface area contributed by atoms with Crippen LogP contribution in [0.3, 0.4) is 0 Å². The second kappa shape index (κ2) is 8.52. The van der Waals surface area contributed by atoms with Gasteiger partial charge in [0, 0.05) is 37.3 Å². The highest BCUT2D eigenvalue weighted by Crippen LogP contribution is 2.21. The Balaban J connectivity index is 1.54. The number of hydrogen-bond acceptors (Lipinski definition) is 6. The van der Waals surface area contributed by atoms with Gasteiger partial charge in [-0.15, -0.1) is 0 Å². The van der Waals surface area contributed by atoms with Crippen LogP contribution in [0.5, 0.6) is 0 Å². The van der Waals surface area contributed by atoms with Gasteiger partial charge in [-0.25, -0.2) is 12.4 Å². The maximum absolute atomic E-state index is 13.1. The Hall–Kier alpha value is -4.18. The zero-order valence-electron chi connectivity index (χ0n) is 17.1. The van der Waals surface area contributed by atoms with Crippen molar-refractivity contribution >= 4 is 33.4 Å². The van der Waals surface area contributed by atoms with Crippen LogP contribution in [-0.4, -0.2) is 33.1 Å². The molecule has 4 aromatic rings. The summed E-state index contributed by atoms with van der Waals surface area (Å²) in [7, 11) is -2.11. The van der Waals surface area contributed by atoms with Gasteiger partial charge in [-0.3, -0.25) is 14.5 Å². The first kappa shape index (κ1) is 21.1. The molecule has 0 spiro atoms. The number of para-hydroxylation sites is 2. The molecule has 0 saturated heterocycles. The summed E-state index contributed by atoms with van der Waals surface area (Å²) in [5, 5.41) is 6.75. The van der Waals surface area contributed by atoms with Crippen molar-refractivity contribution < 1.29 is 13.2 Å². The number of amides is 1. The van der Waals surface area contributed by atoms with E-state index < -0.39 is 15.9 Å². The number of aromatic nitrogens is 4. The summed E-state index contributed by atoms with van der Waals surface area (Å²) in [4.78, 5) is 16.5. The topological polar surface area (TPSA) is 125 Å². The molecule has 0 radical (unpaired) electrons. The van der Waals surface area contributed by atoms with Gasteiger partial charge >= 0.3 is 0 Å². The minimum absolute atomic E-state index is 0.0255. The van der Waals surface area contributed by atoms with E-state index in [9.17, 15) is 13.2 Å². The Kier molecular flexibility index (Phi) is 5.61. The third kappa shape index (κ3) is 4.30. The van der Waals surface area contributed by atoms with E-state index in [4.69, 9.17) is 5.73 Å². The minimum atomic E-state index is -3.90. The molecule has 0 atom stereocenters. The first-order chi connectivity index (χ1) is 15.3. The lowest BCUT2D eigenvalue weighted by Gasteiger charge is -2.09. The highest BCUT2D eigenvalue weighted by atomic mass is 32.2. The maximum Gasteiger partial charge on any atom is 0.269 e. The average molecular weight is 449 g/mol. The number of nitrogens with two attached hydrogens (primary N) is 1. The zero-order chi connectivity index (χ0) is 22.7. The van der Waals surface area contributed by atoms with Crippen molar-refractivity contribution in [3.63, 3.8) is 0 Å². The van der Waals surface area contributed by atoms with E-state index >= 15 is 0 Å². The SMILES string of the molecule is Cn1cc(-c2ccc(S(=O)(=O)n3cccc3C=CC(=O)Nc3ccccc3N)cn2)cn1. The number of hydrogen-bond donors (Lipinski definition) is 2. The van der Waals surface area contributed by atoms with E-state index in [1.807, 2.05) is 0 Å². The lowest BCUT2D eigenvalue weighted by atomic mass is 10.2. The Bertz CT molecular complexity index is 1400. The minimum Gasteiger partial charge on any atom is -0.397 e. The van der Waals surface area contributed by atoms with Gasteiger partial charge in [0.05, 0.1) is 29.0 Å². The van der Waals surface area contributed by atoms with Crippen molar-refractivity contribution in [1.82, 2.24) is 18.7 Å². The van der Waals surface area contributed by atoms with Gasteiger partial charge in [0.2, 0.25) is 5.91 Å².